The molecule has 27 heavy (non-hydrogen) atoms. The van der Waals surface area contributed by atoms with Crippen LogP contribution in [0.5, 0.6) is 11.5 Å². The van der Waals surface area contributed by atoms with Crippen molar-refractivity contribution < 1.29 is 14.6 Å². The summed E-state index contributed by atoms with van der Waals surface area (Å²) < 4.78 is 6.33. The Bertz CT molecular complexity index is 1000. The zero-order valence-corrected chi connectivity index (χ0v) is 16.4. The number of hydrogen-bond acceptors (Lipinski definition) is 4. The van der Waals surface area contributed by atoms with Gasteiger partial charge in [0.2, 0.25) is 5.91 Å². The Morgan fingerprint density at radius 1 is 1.19 bits per heavy atom. The lowest BCUT2D eigenvalue weighted by molar-refractivity contribution is -0.120. The summed E-state index contributed by atoms with van der Waals surface area (Å²) in [7, 11) is 0. The molecular formula is C21H19BrN2O3. The van der Waals surface area contributed by atoms with Crippen molar-refractivity contribution in [1.82, 2.24) is 5.43 Å². The average molecular weight is 427 g/mol. The topological polar surface area (TPSA) is 70.9 Å². The fraction of sp³-hybridized carbons (Fsp3) is 0.143. The van der Waals surface area contributed by atoms with E-state index >= 15 is 0 Å². The van der Waals surface area contributed by atoms with Crippen LogP contribution in [-0.4, -0.2) is 23.8 Å². The smallest absolute Gasteiger partial charge is 0.244 e. The summed E-state index contributed by atoms with van der Waals surface area (Å²) in [5.41, 5.74) is 4.19. The normalized spacial score (nSPS) is 11.0. The maximum Gasteiger partial charge on any atom is 0.244 e. The third-order valence-electron chi connectivity index (χ3n) is 4.00. The third kappa shape index (κ3) is 4.65. The van der Waals surface area contributed by atoms with Crippen LogP contribution in [-0.2, 0) is 11.2 Å². The molecule has 3 aromatic rings. The first kappa shape index (κ1) is 18.9. The molecule has 3 aromatic carbocycles. The number of carbonyl (C=O) groups is 1. The van der Waals surface area contributed by atoms with Crippen molar-refractivity contribution in [2.24, 2.45) is 5.10 Å². The molecule has 0 radical (unpaired) electrons. The number of phenolic OH excluding ortho intramolecular Hbond substituents is 1. The van der Waals surface area contributed by atoms with Gasteiger partial charge < -0.3 is 9.84 Å². The molecule has 0 aliphatic carbocycles. The van der Waals surface area contributed by atoms with Gasteiger partial charge in [0.25, 0.3) is 0 Å². The van der Waals surface area contributed by atoms with E-state index in [1.807, 2.05) is 43.3 Å². The molecule has 5 nitrogen and oxygen atoms in total. The number of amides is 1. The molecule has 0 unspecified atom stereocenters. The molecule has 0 saturated carbocycles. The zero-order valence-electron chi connectivity index (χ0n) is 14.8. The van der Waals surface area contributed by atoms with Gasteiger partial charge in [-0.1, -0.05) is 46.3 Å². The SMILES string of the molecule is CCOc1cc(/C=N\NC(=O)Cc2ccc(Br)c3ccccc23)ccc1O. The van der Waals surface area contributed by atoms with E-state index in [1.165, 1.54) is 12.3 Å². The van der Waals surface area contributed by atoms with Crippen LogP contribution in [0.25, 0.3) is 10.8 Å². The fourth-order valence-electron chi connectivity index (χ4n) is 2.75. The third-order valence-corrected chi connectivity index (χ3v) is 4.69. The first-order valence-corrected chi connectivity index (χ1v) is 9.31. The summed E-state index contributed by atoms with van der Waals surface area (Å²) in [5.74, 6) is 0.247. The number of benzene rings is 3. The van der Waals surface area contributed by atoms with Gasteiger partial charge in [0.05, 0.1) is 19.2 Å². The highest BCUT2D eigenvalue weighted by Gasteiger charge is 2.08. The molecule has 0 aromatic heterocycles. The van der Waals surface area contributed by atoms with E-state index in [9.17, 15) is 9.90 Å². The number of halogens is 1. The van der Waals surface area contributed by atoms with Crippen LogP contribution in [0.15, 0.2) is 64.2 Å². The number of hydrogen-bond donors (Lipinski definition) is 2. The molecule has 6 heteroatoms. The lowest BCUT2D eigenvalue weighted by atomic mass is 10.0. The van der Waals surface area contributed by atoms with Crippen molar-refractivity contribution >= 4 is 38.8 Å². The van der Waals surface area contributed by atoms with E-state index in [-0.39, 0.29) is 18.1 Å². The molecule has 0 aliphatic rings. The predicted octanol–water partition coefficient (Wildman–Crippen LogP) is 4.40. The van der Waals surface area contributed by atoms with Gasteiger partial charge in [0.15, 0.2) is 11.5 Å². The lowest BCUT2D eigenvalue weighted by Crippen LogP contribution is -2.19. The molecule has 138 valence electrons. The largest absolute Gasteiger partial charge is 0.504 e. The maximum absolute atomic E-state index is 12.3. The van der Waals surface area contributed by atoms with Gasteiger partial charge in [0.1, 0.15) is 0 Å². The molecule has 1 amide bonds. The second-order valence-corrected chi connectivity index (χ2v) is 6.74. The number of nitrogens with one attached hydrogen (secondary N) is 1. The van der Waals surface area contributed by atoms with Crippen LogP contribution in [0, 0.1) is 0 Å². The number of phenols is 1. The van der Waals surface area contributed by atoms with E-state index in [4.69, 9.17) is 4.74 Å². The van der Waals surface area contributed by atoms with E-state index in [1.54, 1.807) is 12.1 Å². The van der Waals surface area contributed by atoms with Gasteiger partial charge in [0, 0.05) is 4.47 Å². The number of fused-ring (bicyclic) bond motifs is 1. The van der Waals surface area contributed by atoms with Crippen LogP contribution >= 0.6 is 15.9 Å². The highest BCUT2D eigenvalue weighted by molar-refractivity contribution is 9.10. The molecule has 0 heterocycles. The summed E-state index contributed by atoms with van der Waals surface area (Å²) in [4.78, 5) is 12.3. The number of hydrazone groups is 1. The number of nitrogens with zero attached hydrogens (tertiary/aromatic N) is 1. The fourth-order valence-corrected chi connectivity index (χ4v) is 3.23. The Hall–Kier alpha value is -2.86. The summed E-state index contributed by atoms with van der Waals surface area (Å²) in [6.07, 6.45) is 1.74. The Morgan fingerprint density at radius 3 is 2.74 bits per heavy atom. The van der Waals surface area contributed by atoms with Crippen LogP contribution in [0.2, 0.25) is 0 Å². The van der Waals surface area contributed by atoms with E-state index < -0.39 is 0 Å². The van der Waals surface area contributed by atoms with Crippen LogP contribution in [0.4, 0.5) is 0 Å². The zero-order chi connectivity index (χ0) is 19.2. The maximum atomic E-state index is 12.3. The van der Waals surface area contributed by atoms with Gasteiger partial charge >= 0.3 is 0 Å². The standard InChI is InChI=1S/C21H19BrN2O3/c1-2-27-20-11-14(7-10-19(20)25)13-23-24-21(26)12-15-8-9-18(22)17-6-4-3-5-16(15)17/h3-11,13,25H,2,12H2,1H3,(H,24,26)/b23-13-. The van der Waals surface area contributed by atoms with Gasteiger partial charge in [-0.25, -0.2) is 5.43 Å². The Balaban J connectivity index is 1.68. The molecule has 3 rings (SSSR count). The van der Waals surface area contributed by atoms with Crippen molar-refractivity contribution in [2.75, 3.05) is 6.61 Å². The average Bonchev–Trinajstić information content (AvgIpc) is 2.67. The van der Waals surface area contributed by atoms with Crippen molar-refractivity contribution in [3.63, 3.8) is 0 Å². The Morgan fingerprint density at radius 2 is 1.96 bits per heavy atom. The highest BCUT2D eigenvalue weighted by Crippen LogP contribution is 2.27. The number of aromatic hydroxyl groups is 1. The van der Waals surface area contributed by atoms with Crippen LogP contribution in [0.1, 0.15) is 18.1 Å². The minimum atomic E-state index is -0.206. The molecule has 0 saturated heterocycles. The van der Waals surface area contributed by atoms with Crippen molar-refractivity contribution in [1.29, 1.82) is 0 Å². The first-order valence-electron chi connectivity index (χ1n) is 8.52. The molecule has 0 bridgehead atoms. The van der Waals surface area contributed by atoms with Gasteiger partial charge in [-0.05, 0) is 53.1 Å². The first-order chi connectivity index (χ1) is 13.1. The predicted molar refractivity (Wildman–Crippen MR) is 110 cm³/mol. The van der Waals surface area contributed by atoms with Crippen molar-refractivity contribution in [2.45, 2.75) is 13.3 Å². The quantitative estimate of drug-likeness (QED) is 0.453. The van der Waals surface area contributed by atoms with Gasteiger partial charge in [-0.2, -0.15) is 5.10 Å². The number of ether oxygens (including phenoxy) is 1. The van der Waals surface area contributed by atoms with E-state index in [2.05, 4.69) is 26.5 Å². The lowest BCUT2D eigenvalue weighted by Gasteiger charge is -2.08. The molecule has 0 spiro atoms. The summed E-state index contributed by atoms with van der Waals surface area (Å²) in [6.45, 7) is 2.29. The minimum absolute atomic E-state index is 0.0696. The Labute approximate surface area is 165 Å². The van der Waals surface area contributed by atoms with Crippen LogP contribution in [0.3, 0.4) is 0 Å². The minimum Gasteiger partial charge on any atom is -0.504 e. The Kier molecular flexibility index (Phi) is 6.08. The molecular weight excluding hydrogens is 408 g/mol. The molecule has 0 atom stereocenters. The highest BCUT2D eigenvalue weighted by atomic mass is 79.9. The monoisotopic (exact) mass is 426 g/mol. The molecule has 0 fully saturated rings. The summed E-state index contributed by atoms with van der Waals surface area (Å²) in [6, 6.07) is 16.7. The number of rotatable bonds is 6. The summed E-state index contributed by atoms with van der Waals surface area (Å²) >= 11 is 3.53. The van der Waals surface area contributed by atoms with E-state index in [0.717, 1.165) is 20.8 Å². The van der Waals surface area contributed by atoms with Crippen LogP contribution < -0.4 is 10.2 Å². The van der Waals surface area contributed by atoms with E-state index in [0.29, 0.717) is 17.9 Å². The van der Waals surface area contributed by atoms with Gasteiger partial charge in [-0.15, -0.1) is 0 Å². The molecule has 0 aliphatic heterocycles. The van der Waals surface area contributed by atoms with Crippen molar-refractivity contribution in [3.8, 4) is 11.5 Å². The van der Waals surface area contributed by atoms with Crippen molar-refractivity contribution in [3.05, 3.63) is 70.2 Å². The molecule has 2 N–H and O–H groups in total. The second-order valence-electron chi connectivity index (χ2n) is 5.88. The number of carbonyl (C=O) groups excluding carboxylic acids is 1. The van der Waals surface area contributed by atoms with Gasteiger partial charge in [-0.3, -0.25) is 4.79 Å². The second kappa shape index (κ2) is 8.68. The summed E-state index contributed by atoms with van der Waals surface area (Å²) in [5, 5.41) is 15.8.